The Hall–Kier alpha value is -3.04. The average Bonchev–Trinajstić information content (AvgIpc) is 2.99. The van der Waals surface area contributed by atoms with Gasteiger partial charge in [0.1, 0.15) is 12.6 Å². The normalized spacial score (nSPS) is 14.7. The molecule has 0 radical (unpaired) electrons. The van der Waals surface area contributed by atoms with Crippen molar-refractivity contribution in [2.75, 3.05) is 11.9 Å². The Balaban J connectivity index is 0.00000182. The van der Waals surface area contributed by atoms with Crippen LogP contribution in [0.4, 0.5) is 19.3 Å². The van der Waals surface area contributed by atoms with Gasteiger partial charge in [0.25, 0.3) is 0 Å². The number of aromatic nitrogens is 2. The molecule has 0 unspecified atom stereocenters. The summed E-state index contributed by atoms with van der Waals surface area (Å²) >= 11 is 0. The monoisotopic (exact) mass is 355 g/mol. The summed E-state index contributed by atoms with van der Waals surface area (Å²) < 4.78 is 32.2. The van der Waals surface area contributed by atoms with Gasteiger partial charge in [0, 0.05) is 8.42 Å². The van der Waals surface area contributed by atoms with Crippen molar-refractivity contribution in [3.63, 3.8) is 0 Å². The summed E-state index contributed by atoms with van der Waals surface area (Å²) in [6.07, 6.45) is 0. The molecule has 1 aromatic carbocycles. The Morgan fingerprint density at radius 3 is 2.96 bits per heavy atom. The van der Waals surface area contributed by atoms with Crippen LogP contribution in [0.25, 0.3) is 0 Å². The molecule has 0 aliphatic carbocycles. The fourth-order valence-corrected chi connectivity index (χ4v) is 2.46. The van der Waals surface area contributed by atoms with Crippen LogP contribution in [0.3, 0.4) is 0 Å². The van der Waals surface area contributed by atoms with Crippen LogP contribution in [-0.2, 0) is 11.3 Å². The number of benzene rings is 1. The zero-order valence-electron chi connectivity index (χ0n) is 13.5. The van der Waals surface area contributed by atoms with Crippen LogP contribution in [0, 0.1) is 18.6 Å². The van der Waals surface area contributed by atoms with Crippen molar-refractivity contribution >= 4 is 17.6 Å². The van der Waals surface area contributed by atoms with Gasteiger partial charge in [-0.2, -0.15) is 4.98 Å². The van der Waals surface area contributed by atoms with E-state index in [-0.39, 0.29) is 33.1 Å². The molecule has 136 valence electrons. The number of hydrogen-bond acceptors (Lipinski definition) is 5. The first kappa shape index (κ1) is 16.8. The largest absolute Gasteiger partial charge is 0.343 e. The van der Waals surface area contributed by atoms with E-state index in [4.69, 9.17) is 4.52 Å². The van der Waals surface area contributed by atoms with E-state index in [2.05, 4.69) is 20.8 Å². The molecule has 0 saturated carbocycles. The number of aryl methyl sites for hydroxylation is 1. The molecule has 1 aromatic heterocycles. The number of carbonyl (C=O) groups excluding carboxylic acids is 2. The molecule has 2 N–H and O–H groups in total. The summed E-state index contributed by atoms with van der Waals surface area (Å²) in [5.41, 5.74) is 0.184. The fraction of sp³-hybridized carbons (Fsp3) is 0.333. The number of nitrogens with one attached hydrogen (secondary N) is 2. The van der Waals surface area contributed by atoms with Crippen LogP contribution in [0.1, 0.15) is 33.1 Å². The molecular weight excluding hydrogens is 336 g/mol. The summed E-state index contributed by atoms with van der Waals surface area (Å²) in [5, 5.41) is 8.66. The summed E-state index contributed by atoms with van der Waals surface area (Å²) in [5.74, 6) is -1.90. The predicted octanol–water partition coefficient (Wildman–Crippen LogP) is 2.37. The van der Waals surface area contributed by atoms with E-state index in [1.165, 1.54) is 6.07 Å². The number of rotatable bonds is 4. The zero-order chi connectivity index (χ0) is 18.1. The van der Waals surface area contributed by atoms with Crippen molar-refractivity contribution in [1.82, 2.24) is 20.4 Å². The van der Waals surface area contributed by atoms with E-state index in [9.17, 15) is 18.4 Å². The van der Waals surface area contributed by atoms with Crippen molar-refractivity contribution in [2.24, 2.45) is 0 Å². The molecule has 10 heteroatoms. The van der Waals surface area contributed by atoms with Gasteiger partial charge in [-0.1, -0.05) is 5.16 Å². The molecule has 1 atom stereocenters. The fourth-order valence-electron chi connectivity index (χ4n) is 2.46. The molecule has 25 heavy (non-hydrogen) atoms. The maximum atomic E-state index is 13.9. The summed E-state index contributed by atoms with van der Waals surface area (Å²) in [6.45, 7) is 2.74. The number of hydrogen-bond donors (Lipinski definition) is 2. The zero-order valence-corrected chi connectivity index (χ0v) is 13.5. The molecule has 0 spiro atoms. The lowest BCUT2D eigenvalue weighted by atomic mass is 10.1. The van der Waals surface area contributed by atoms with E-state index in [0.717, 1.165) is 11.0 Å². The minimum atomic E-state index is -1.04. The van der Waals surface area contributed by atoms with Crippen LogP contribution >= 0.6 is 0 Å². The second kappa shape index (κ2) is 6.46. The Kier molecular flexibility index (Phi) is 4.34. The van der Waals surface area contributed by atoms with Crippen molar-refractivity contribution in [3.05, 3.63) is 41.0 Å². The van der Waals surface area contributed by atoms with Crippen LogP contribution in [0.15, 0.2) is 16.7 Å². The molecule has 8 nitrogen and oxygen atoms in total. The van der Waals surface area contributed by atoms with E-state index in [1.807, 2.05) is 0 Å². The van der Waals surface area contributed by atoms with Gasteiger partial charge in [-0.15, -0.1) is 0 Å². The number of fused-ring (bicyclic) bond motifs is 1. The first-order valence-corrected chi connectivity index (χ1v) is 7.47. The van der Waals surface area contributed by atoms with E-state index >= 15 is 0 Å². The molecule has 0 fully saturated rings. The van der Waals surface area contributed by atoms with Gasteiger partial charge in [-0.25, -0.2) is 13.6 Å². The lowest BCUT2D eigenvalue weighted by Gasteiger charge is -2.29. The smallest absolute Gasteiger partial charge is 0.322 e. The van der Waals surface area contributed by atoms with Crippen molar-refractivity contribution < 1.29 is 25.7 Å². The number of nitrogens with zero attached hydrogens (tertiary/aromatic N) is 3. The van der Waals surface area contributed by atoms with Gasteiger partial charge in [0.2, 0.25) is 11.8 Å². The molecule has 0 saturated heterocycles. The van der Waals surface area contributed by atoms with Gasteiger partial charge in [-0.3, -0.25) is 4.79 Å². The number of anilines is 1. The van der Waals surface area contributed by atoms with E-state index < -0.39 is 29.6 Å². The third kappa shape index (κ3) is 3.42. The van der Waals surface area contributed by atoms with Crippen LogP contribution in [0.5, 0.6) is 0 Å². The highest BCUT2D eigenvalue weighted by Gasteiger charge is 2.28. The third-order valence-corrected chi connectivity index (χ3v) is 3.70. The second-order valence-electron chi connectivity index (χ2n) is 5.64. The lowest BCUT2D eigenvalue weighted by Crippen LogP contribution is -2.45. The highest BCUT2D eigenvalue weighted by Crippen LogP contribution is 2.27. The van der Waals surface area contributed by atoms with Crippen molar-refractivity contribution in [1.29, 1.82) is 0 Å². The van der Waals surface area contributed by atoms with E-state index in [0.29, 0.717) is 5.82 Å². The van der Waals surface area contributed by atoms with Crippen LogP contribution in [0.2, 0.25) is 0 Å². The Morgan fingerprint density at radius 1 is 1.52 bits per heavy atom. The minimum absolute atomic E-state index is 0. The summed E-state index contributed by atoms with van der Waals surface area (Å²) in [4.78, 5) is 29.2. The predicted molar refractivity (Wildman–Crippen MR) is 85.6 cm³/mol. The van der Waals surface area contributed by atoms with Crippen LogP contribution in [-0.4, -0.2) is 33.5 Å². The number of halogens is 2. The molecule has 2 aromatic rings. The molecular formula is C15H19F2N5O3. The molecule has 0 bridgehead atoms. The minimum Gasteiger partial charge on any atom is -0.343 e. The SMILES string of the molecule is Cc1noc([C@H](C)NC(=O)CN2Cc3c(ccc(F)c3F)NC2=O)n1.[HH].[HH]. The first-order valence-electron chi connectivity index (χ1n) is 7.47. The first-order chi connectivity index (χ1) is 11.8. The Labute approximate surface area is 144 Å². The van der Waals surface area contributed by atoms with Gasteiger partial charge in [-0.05, 0) is 26.0 Å². The van der Waals surface area contributed by atoms with Gasteiger partial charge in [0.05, 0.1) is 12.2 Å². The topological polar surface area (TPSA) is 100 Å². The van der Waals surface area contributed by atoms with Gasteiger partial charge < -0.3 is 20.1 Å². The molecule has 2 heterocycles. The molecule has 3 rings (SSSR count). The Morgan fingerprint density at radius 2 is 2.28 bits per heavy atom. The van der Waals surface area contributed by atoms with E-state index in [1.54, 1.807) is 13.8 Å². The molecule has 1 aliphatic rings. The quantitative estimate of drug-likeness (QED) is 0.877. The summed E-state index contributed by atoms with van der Waals surface area (Å²) in [7, 11) is 0. The van der Waals surface area contributed by atoms with Crippen molar-refractivity contribution in [2.45, 2.75) is 26.4 Å². The lowest BCUT2D eigenvalue weighted by molar-refractivity contribution is -0.122. The van der Waals surface area contributed by atoms with Gasteiger partial charge >= 0.3 is 6.03 Å². The Bertz CT molecular complexity index is 849. The highest BCUT2D eigenvalue weighted by molar-refractivity contribution is 5.94. The summed E-state index contributed by atoms with van der Waals surface area (Å²) in [6, 6.07) is 1.09. The number of carbonyl (C=O) groups is 2. The molecule has 3 amide bonds. The average molecular weight is 355 g/mol. The second-order valence-corrected chi connectivity index (χ2v) is 5.64. The third-order valence-electron chi connectivity index (χ3n) is 3.70. The van der Waals surface area contributed by atoms with Crippen LogP contribution < -0.4 is 10.6 Å². The standard InChI is InChI=1S/C15H15F2N5O3.2H2/c1-7(14-19-8(2)21-25-14)18-12(23)6-22-5-9-11(20-15(22)24)4-3-10(16)13(9)17;;/h3-4,7H,5-6H2,1-2H3,(H,18,23)(H,20,24);2*1H/t7-;;/m0../s1. The molecule has 1 aliphatic heterocycles. The van der Waals surface area contributed by atoms with Crippen molar-refractivity contribution in [3.8, 4) is 0 Å². The van der Waals surface area contributed by atoms with Gasteiger partial charge in [0.15, 0.2) is 17.5 Å². The number of amides is 3. The maximum absolute atomic E-state index is 13.9. The maximum Gasteiger partial charge on any atom is 0.322 e. The highest BCUT2D eigenvalue weighted by atomic mass is 19.2. The number of urea groups is 1.